The first kappa shape index (κ1) is 9.98. The minimum Gasteiger partial charge on any atom is -0.294 e. The topological polar surface area (TPSA) is 42.9 Å². The lowest BCUT2D eigenvalue weighted by Crippen LogP contribution is -2.05. The van der Waals surface area contributed by atoms with Gasteiger partial charge in [-0.1, -0.05) is 0 Å². The van der Waals surface area contributed by atoms with Gasteiger partial charge in [0.25, 0.3) is 0 Å². The molecule has 4 heteroatoms. The average Bonchev–Trinajstić information content (AvgIpc) is 2.71. The Morgan fingerprint density at radius 2 is 2.40 bits per heavy atom. The van der Waals surface area contributed by atoms with Gasteiger partial charge in [0.05, 0.1) is 5.51 Å². The zero-order valence-corrected chi connectivity index (χ0v) is 9.12. The van der Waals surface area contributed by atoms with Crippen molar-refractivity contribution in [3.63, 3.8) is 0 Å². The summed E-state index contributed by atoms with van der Waals surface area (Å²) in [6.45, 7) is 1.85. The standard InChI is InChI=1S/C11H10N2OS/c1-8-10(3-2-4-13-8)11(14)5-9-6-12-7-15-9/h2-4,6-7H,5H2,1H3. The van der Waals surface area contributed by atoms with Gasteiger partial charge < -0.3 is 0 Å². The summed E-state index contributed by atoms with van der Waals surface area (Å²) >= 11 is 1.50. The predicted octanol–water partition coefficient (Wildman–Crippen LogP) is 2.27. The fourth-order valence-corrected chi connectivity index (χ4v) is 1.96. The molecule has 0 aliphatic heterocycles. The van der Waals surface area contributed by atoms with Crippen molar-refractivity contribution >= 4 is 17.1 Å². The van der Waals surface area contributed by atoms with E-state index >= 15 is 0 Å². The van der Waals surface area contributed by atoms with Crippen LogP contribution < -0.4 is 0 Å². The highest BCUT2D eigenvalue weighted by Gasteiger charge is 2.10. The molecule has 0 aliphatic carbocycles. The van der Waals surface area contributed by atoms with E-state index in [1.807, 2.05) is 13.0 Å². The summed E-state index contributed by atoms with van der Waals surface area (Å²) in [7, 11) is 0. The molecular weight excluding hydrogens is 208 g/mol. The lowest BCUT2D eigenvalue weighted by molar-refractivity contribution is 0.0993. The fraction of sp³-hybridized carbons (Fsp3) is 0.182. The third-order valence-corrected chi connectivity index (χ3v) is 2.91. The smallest absolute Gasteiger partial charge is 0.169 e. The number of hydrogen-bond donors (Lipinski definition) is 0. The summed E-state index contributed by atoms with van der Waals surface area (Å²) in [5.41, 5.74) is 3.22. The van der Waals surface area contributed by atoms with E-state index in [-0.39, 0.29) is 5.78 Å². The molecular formula is C11H10N2OS. The van der Waals surface area contributed by atoms with Gasteiger partial charge in [-0.2, -0.15) is 0 Å². The normalized spacial score (nSPS) is 10.2. The van der Waals surface area contributed by atoms with Gasteiger partial charge in [0.1, 0.15) is 0 Å². The molecule has 0 aliphatic rings. The maximum atomic E-state index is 11.9. The second kappa shape index (κ2) is 4.31. The molecule has 0 aromatic carbocycles. The van der Waals surface area contributed by atoms with Crippen molar-refractivity contribution < 1.29 is 4.79 Å². The number of Topliss-reactive ketones (excluding diaryl/α,β-unsaturated/α-hetero) is 1. The number of thiazole rings is 1. The molecule has 2 heterocycles. The molecule has 2 rings (SSSR count). The molecule has 0 bridgehead atoms. The van der Waals surface area contributed by atoms with Gasteiger partial charge in [-0.15, -0.1) is 11.3 Å². The summed E-state index contributed by atoms with van der Waals surface area (Å²) < 4.78 is 0. The molecule has 15 heavy (non-hydrogen) atoms. The number of nitrogens with zero attached hydrogens (tertiary/aromatic N) is 2. The Morgan fingerprint density at radius 1 is 1.53 bits per heavy atom. The van der Waals surface area contributed by atoms with Gasteiger partial charge in [0, 0.05) is 34.9 Å². The van der Waals surface area contributed by atoms with Crippen molar-refractivity contribution in [2.75, 3.05) is 0 Å². The largest absolute Gasteiger partial charge is 0.294 e. The summed E-state index contributed by atoms with van der Waals surface area (Å²) in [6.07, 6.45) is 3.84. The Balaban J connectivity index is 2.19. The molecule has 3 nitrogen and oxygen atoms in total. The van der Waals surface area contributed by atoms with Crippen LogP contribution in [0.5, 0.6) is 0 Å². The number of aryl methyl sites for hydroxylation is 1. The lowest BCUT2D eigenvalue weighted by Gasteiger charge is -2.01. The molecule has 76 valence electrons. The second-order valence-electron chi connectivity index (χ2n) is 3.20. The van der Waals surface area contributed by atoms with Gasteiger partial charge in [-0.05, 0) is 19.1 Å². The molecule has 0 amide bonds. The van der Waals surface area contributed by atoms with E-state index in [1.54, 1.807) is 24.0 Å². The Bertz CT molecular complexity index is 465. The van der Waals surface area contributed by atoms with E-state index in [4.69, 9.17) is 0 Å². The first-order valence-corrected chi connectivity index (χ1v) is 5.47. The highest BCUT2D eigenvalue weighted by atomic mass is 32.1. The number of ketones is 1. The van der Waals surface area contributed by atoms with Crippen molar-refractivity contribution in [1.82, 2.24) is 9.97 Å². The van der Waals surface area contributed by atoms with Crippen LogP contribution in [0.3, 0.4) is 0 Å². The Kier molecular flexibility index (Phi) is 2.87. The summed E-state index contributed by atoms with van der Waals surface area (Å²) in [4.78, 5) is 20.9. The Hall–Kier alpha value is -1.55. The lowest BCUT2D eigenvalue weighted by atomic mass is 10.1. The molecule has 0 saturated carbocycles. The molecule has 0 saturated heterocycles. The molecule has 0 N–H and O–H groups in total. The second-order valence-corrected chi connectivity index (χ2v) is 4.17. The summed E-state index contributed by atoms with van der Waals surface area (Å²) in [6, 6.07) is 3.60. The van der Waals surface area contributed by atoms with E-state index < -0.39 is 0 Å². The number of aromatic nitrogens is 2. The number of carbonyl (C=O) groups is 1. The molecule has 0 spiro atoms. The zero-order valence-electron chi connectivity index (χ0n) is 8.30. The van der Waals surface area contributed by atoms with E-state index in [2.05, 4.69) is 9.97 Å². The molecule has 2 aromatic rings. The van der Waals surface area contributed by atoms with Gasteiger partial charge >= 0.3 is 0 Å². The third-order valence-electron chi connectivity index (χ3n) is 2.13. The number of hydrogen-bond acceptors (Lipinski definition) is 4. The fourth-order valence-electron chi connectivity index (χ4n) is 1.36. The van der Waals surface area contributed by atoms with E-state index in [9.17, 15) is 4.79 Å². The molecule has 0 unspecified atom stereocenters. The number of rotatable bonds is 3. The average molecular weight is 218 g/mol. The van der Waals surface area contributed by atoms with Crippen LogP contribution in [0.1, 0.15) is 20.9 Å². The first-order chi connectivity index (χ1) is 7.27. The molecule has 2 aromatic heterocycles. The molecule has 0 atom stereocenters. The van der Waals surface area contributed by atoms with Gasteiger partial charge in [0.15, 0.2) is 5.78 Å². The monoisotopic (exact) mass is 218 g/mol. The minimum atomic E-state index is 0.102. The van der Waals surface area contributed by atoms with E-state index in [0.717, 1.165) is 10.6 Å². The third kappa shape index (κ3) is 2.27. The Morgan fingerprint density at radius 3 is 3.07 bits per heavy atom. The quantitative estimate of drug-likeness (QED) is 0.742. The maximum Gasteiger partial charge on any atom is 0.169 e. The van der Waals surface area contributed by atoms with Gasteiger partial charge in [-0.3, -0.25) is 14.8 Å². The highest BCUT2D eigenvalue weighted by molar-refractivity contribution is 7.09. The SMILES string of the molecule is Cc1ncccc1C(=O)Cc1cncs1. The van der Waals surface area contributed by atoms with Crippen LogP contribution in [0.15, 0.2) is 30.0 Å². The van der Waals surface area contributed by atoms with Gasteiger partial charge in [0.2, 0.25) is 0 Å². The van der Waals surface area contributed by atoms with Crippen molar-refractivity contribution in [2.45, 2.75) is 13.3 Å². The van der Waals surface area contributed by atoms with Crippen LogP contribution in [-0.2, 0) is 6.42 Å². The van der Waals surface area contributed by atoms with Crippen molar-refractivity contribution in [2.24, 2.45) is 0 Å². The van der Waals surface area contributed by atoms with E-state index in [1.165, 1.54) is 11.3 Å². The highest BCUT2D eigenvalue weighted by Crippen LogP contribution is 2.12. The van der Waals surface area contributed by atoms with Crippen LogP contribution in [0, 0.1) is 6.92 Å². The van der Waals surface area contributed by atoms with Crippen LogP contribution in [-0.4, -0.2) is 15.8 Å². The predicted molar refractivity (Wildman–Crippen MR) is 59.1 cm³/mol. The van der Waals surface area contributed by atoms with Crippen molar-refractivity contribution in [3.8, 4) is 0 Å². The van der Waals surface area contributed by atoms with Crippen LogP contribution in [0.4, 0.5) is 0 Å². The van der Waals surface area contributed by atoms with Crippen LogP contribution in [0.2, 0.25) is 0 Å². The number of pyridine rings is 1. The van der Waals surface area contributed by atoms with Crippen molar-refractivity contribution in [1.29, 1.82) is 0 Å². The van der Waals surface area contributed by atoms with Crippen LogP contribution in [0.25, 0.3) is 0 Å². The first-order valence-electron chi connectivity index (χ1n) is 4.59. The van der Waals surface area contributed by atoms with Crippen molar-refractivity contribution in [3.05, 3.63) is 46.2 Å². The molecule has 0 fully saturated rings. The molecule has 0 radical (unpaired) electrons. The van der Waals surface area contributed by atoms with Crippen LogP contribution >= 0.6 is 11.3 Å². The summed E-state index contributed by atoms with van der Waals surface area (Å²) in [5.74, 6) is 0.102. The number of carbonyl (C=O) groups excluding carboxylic acids is 1. The zero-order chi connectivity index (χ0) is 10.7. The Labute approximate surface area is 91.8 Å². The minimum absolute atomic E-state index is 0.102. The van der Waals surface area contributed by atoms with Gasteiger partial charge in [-0.25, -0.2) is 0 Å². The summed E-state index contributed by atoms with van der Waals surface area (Å²) in [5, 5.41) is 0. The van der Waals surface area contributed by atoms with E-state index in [0.29, 0.717) is 12.0 Å². The maximum absolute atomic E-state index is 11.9.